The van der Waals surface area contributed by atoms with E-state index in [1.165, 1.54) is 6.33 Å². The Labute approximate surface area is 102 Å². The smallest absolute Gasteiger partial charge is 0.218 e. The molecule has 0 bridgehead atoms. The summed E-state index contributed by atoms with van der Waals surface area (Å²) >= 11 is 0. The lowest BCUT2D eigenvalue weighted by molar-refractivity contribution is 0.255. The van der Waals surface area contributed by atoms with Gasteiger partial charge in [0.2, 0.25) is 5.88 Å². The van der Waals surface area contributed by atoms with Crippen LogP contribution in [0.1, 0.15) is 26.2 Å². The van der Waals surface area contributed by atoms with Gasteiger partial charge in [-0.1, -0.05) is 13.3 Å². The van der Waals surface area contributed by atoms with Crippen LogP contribution in [0.2, 0.25) is 0 Å². The molecule has 1 rings (SSSR count). The Morgan fingerprint density at radius 3 is 2.88 bits per heavy atom. The maximum absolute atomic E-state index is 8.97. The molecule has 1 unspecified atom stereocenters. The van der Waals surface area contributed by atoms with Gasteiger partial charge in [-0.25, -0.2) is 9.97 Å². The molecule has 2 N–H and O–H groups in total. The van der Waals surface area contributed by atoms with Crippen LogP contribution < -0.4 is 10.1 Å². The molecular formula is C12H21N3O2. The first kappa shape index (κ1) is 13.7. The van der Waals surface area contributed by atoms with Gasteiger partial charge in [-0.2, -0.15) is 0 Å². The minimum atomic E-state index is 0.236. The minimum Gasteiger partial charge on any atom is -0.481 e. The summed E-state index contributed by atoms with van der Waals surface area (Å²) in [6.07, 6.45) is 4.53. The van der Waals surface area contributed by atoms with Gasteiger partial charge in [0.1, 0.15) is 12.1 Å². The molecule has 5 heteroatoms. The topological polar surface area (TPSA) is 67.3 Å². The second-order valence-corrected chi connectivity index (χ2v) is 3.99. The Hall–Kier alpha value is -1.36. The quantitative estimate of drug-likeness (QED) is 0.722. The van der Waals surface area contributed by atoms with Crippen LogP contribution >= 0.6 is 0 Å². The van der Waals surface area contributed by atoms with Crippen molar-refractivity contribution in [2.75, 3.05) is 25.6 Å². The van der Waals surface area contributed by atoms with Gasteiger partial charge in [-0.15, -0.1) is 0 Å². The number of ether oxygens (including phenoxy) is 1. The zero-order chi connectivity index (χ0) is 12.5. The van der Waals surface area contributed by atoms with Gasteiger partial charge in [0.05, 0.1) is 7.11 Å². The lowest BCUT2D eigenvalue weighted by atomic mass is 10.0. The summed E-state index contributed by atoms with van der Waals surface area (Å²) in [5, 5.41) is 12.2. The molecule has 0 aliphatic heterocycles. The summed E-state index contributed by atoms with van der Waals surface area (Å²) in [5.74, 6) is 1.79. The molecule has 1 aromatic rings. The highest BCUT2D eigenvalue weighted by Crippen LogP contribution is 2.14. The van der Waals surface area contributed by atoms with E-state index in [2.05, 4.69) is 22.2 Å². The van der Waals surface area contributed by atoms with Crippen molar-refractivity contribution in [3.63, 3.8) is 0 Å². The van der Waals surface area contributed by atoms with Gasteiger partial charge >= 0.3 is 0 Å². The lowest BCUT2D eigenvalue weighted by Gasteiger charge is -2.16. The molecule has 5 nitrogen and oxygen atoms in total. The average Bonchev–Trinajstić information content (AvgIpc) is 2.37. The van der Waals surface area contributed by atoms with E-state index in [1.807, 2.05) is 0 Å². The third-order valence-electron chi connectivity index (χ3n) is 2.66. The highest BCUT2D eigenvalue weighted by molar-refractivity contribution is 5.36. The normalized spacial score (nSPS) is 12.2. The van der Waals surface area contributed by atoms with E-state index in [-0.39, 0.29) is 6.61 Å². The number of aliphatic hydroxyl groups is 1. The monoisotopic (exact) mass is 239 g/mol. The van der Waals surface area contributed by atoms with Gasteiger partial charge in [0.25, 0.3) is 0 Å². The summed E-state index contributed by atoms with van der Waals surface area (Å²) < 4.78 is 5.03. The van der Waals surface area contributed by atoms with Crippen molar-refractivity contribution in [3.8, 4) is 5.88 Å². The Morgan fingerprint density at radius 1 is 1.41 bits per heavy atom. The van der Waals surface area contributed by atoms with Gasteiger partial charge in [0.15, 0.2) is 0 Å². The first-order valence-electron chi connectivity index (χ1n) is 6.00. The Morgan fingerprint density at radius 2 is 2.24 bits per heavy atom. The maximum atomic E-state index is 8.97. The summed E-state index contributed by atoms with van der Waals surface area (Å²) in [5.41, 5.74) is 0. The van der Waals surface area contributed by atoms with E-state index in [4.69, 9.17) is 9.84 Å². The number of methoxy groups -OCH3 is 1. The highest BCUT2D eigenvalue weighted by atomic mass is 16.5. The van der Waals surface area contributed by atoms with Crippen molar-refractivity contribution in [1.29, 1.82) is 0 Å². The fourth-order valence-corrected chi connectivity index (χ4v) is 1.74. The maximum Gasteiger partial charge on any atom is 0.218 e. The molecule has 1 heterocycles. The first-order chi connectivity index (χ1) is 8.30. The fraction of sp³-hybridized carbons (Fsp3) is 0.667. The Balaban J connectivity index is 2.46. The van der Waals surface area contributed by atoms with Crippen LogP contribution in [0.25, 0.3) is 0 Å². The number of hydrogen-bond acceptors (Lipinski definition) is 5. The number of anilines is 1. The highest BCUT2D eigenvalue weighted by Gasteiger charge is 2.07. The minimum absolute atomic E-state index is 0.236. The molecule has 0 radical (unpaired) electrons. The SMILES string of the molecule is CCCC(CCO)CNc1cc(OC)ncn1. The largest absolute Gasteiger partial charge is 0.481 e. The van der Waals surface area contributed by atoms with Gasteiger partial charge in [-0.05, 0) is 18.8 Å². The van der Waals surface area contributed by atoms with Crippen molar-refractivity contribution in [3.05, 3.63) is 12.4 Å². The van der Waals surface area contributed by atoms with E-state index in [0.29, 0.717) is 11.8 Å². The fourth-order valence-electron chi connectivity index (χ4n) is 1.74. The lowest BCUT2D eigenvalue weighted by Crippen LogP contribution is -2.16. The molecule has 0 aliphatic rings. The van der Waals surface area contributed by atoms with Crippen molar-refractivity contribution in [1.82, 2.24) is 9.97 Å². The zero-order valence-corrected chi connectivity index (χ0v) is 10.5. The van der Waals surface area contributed by atoms with Crippen LogP contribution in [0, 0.1) is 5.92 Å². The number of hydrogen-bond donors (Lipinski definition) is 2. The predicted molar refractivity (Wildman–Crippen MR) is 67.2 cm³/mol. The van der Waals surface area contributed by atoms with E-state index in [0.717, 1.165) is 31.6 Å². The molecule has 0 aromatic carbocycles. The number of rotatable bonds is 8. The average molecular weight is 239 g/mol. The molecule has 1 aromatic heterocycles. The second kappa shape index (κ2) is 7.84. The number of aliphatic hydroxyl groups excluding tert-OH is 1. The van der Waals surface area contributed by atoms with Crippen LogP contribution in [0.15, 0.2) is 12.4 Å². The Kier molecular flexibility index (Phi) is 6.32. The molecule has 0 spiro atoms. The third kappa shape index (κ3) is 4.99. The molecule has 1 atom stereocenters. The summed E-state index contributed by atoms with van der Waals surface area (Å²) in [6.45, 7) is 3.20. The van der Waals surface area contributed by atoms with Crippen molar-refractivity contribution >= 4 is 5.82 Å². The van der Waals surface area contributed by atoms with E-state index in [1.54, 1.807) is 13.2 Å². The van der Waals surface area contributed by atoms with Gasteiger partial charge in [-0.3, -0.25) is 0 Å². The van der Waals surface area contributed by atoms with Crippen LogP contribution in [0.3, 0.4) is 0 Å². The van der Waals surface area contributed by atoms with Crippen molar-refractivity contribution in [2.45, 2.75) is 26.2 Å². The molecule has 0 amide bonds. The molecule has 0 saturated heterocycles. The van der Waals surface area contributed by atoms with Crippen molar-refractivity contribution in [2.24, 2.45) is 5.92 Å². The number of nitrogens with one attached hydrogen (secondary N) is 1. The van der Waals surface area contributed by atoms with Crippen LogP contribution in [-0.4, -0.2) is 35.3 Å². The van der Waals surface area contributed by atoms with Crippen LogP contribution in [0.4, 0.5) is 5.82 Å². The molecule has 0 saturated carbocycles. The molecule has 0 aliphatic carbocycles. The zero-order valence-electron chi connectivity index (χ0n) is 10.5. The summed E-state index contributed by atoms with van der Waals surface area (Å²) in [7, 11) is 1.58. The van der Waals surface area contributed by atoms with Gasteiger partial charge in [0, 0.05) is 19.2 Å². The molecule has 96 valence electrons. The summed E-state index contributed by atoms with van der Waals surface area (Å²) in [4.78, 5) is 8.06. The van der Waals surface area contributed by atoms with Crippen molar-refractivity contribution < 1.29 is 9.84 Å². The molecular weight excluding hydrogens is 218 g/mol. The number of nitrogens with zero attached hydrogens (tertiary/aromatic N) is 2. The Bertz CT molecular complexity index is 314. The first-order valence-corrected chi connectivity index (χ1v) is 6.00. The predicted octanol–water partition coefficient (Wildman–Crippen LogP) is 1.70. The summed E-state index contributed by atoms with van der Waals surface area (Å²) in [6, 6.07) is 1.77. The second-order valence-electron chi connectivity index (χ2n) is 3.99. The van der Waals surface area contributed by atoms with E-state index < -0.39 is 0 Å². The van der Waals surface area contributed by atoms with Crippen LogP contribution in [-0.2, 0) is 0 Å². The van der Waals surface area contributed by atoms with Gasteiger partial charge < -0.3 is 15.2 Å². The van der Waals surface area contributed by atoms with E-state index >= 15 is 0 Å². The number of aromatic nitrogens is 2. The van der Waals surface area contributed by atoms with Crippen LogP contribution in [0.5, 0.6) is 5.88 Å². The molecule has 0 fully saturated rings. The standard InChI is InChI=1S/C12H21N3O2/c1-3-4-10(5-6-16)8-13-11-7-12(17-2)15-9-14-11/h7,9-10,16H,3-6,8H2,1-2H3,(H,13,14,15). The molecule has 17 heavy (non-hydrogen) atoms. The third-order valence-corrected chi connectivity index (χ3v) is 2.66. The van der Waals surface area contributed by atoms with E-state index in [9.17, 15) is 0 Å².